The molecular formula is C12H21NOS. The molecule has 0 saturated heterocycles. The van der Waals surface area contributed by atoms with Crippen LogP contribution in [0.4, 0.5) is 0 Å². The molecular weight excluding hydrogens is 206 g/mol. The van der Waals surface area contributed by atoms with E-state index < -0.39 is 11.5 Å². The molecule has 1 N–H and O–H groups in total. The lowest BCUT2D eigenvalue weighted by Gasteiger charge is -2.27. The van der Waals surface area contributed by atoms with Crippen LogP contribution in [-0.2, 0) is 0 Å². The molecule has 1 saturated carbocycles. The Kier molecular flexibility index (Phi) is 4.95. The predicted molar refractivity (Wildman–Crippen MR) is 64.7 cm³/mol. The van der Waals surface area contributed by atoms with Crippen molar-refractivity contribution in [3.05, 3.63) is 0 Å². The van der Waals surface area contributed by atoms with Crippen molar-refractivity contribution in [2.45, 2.75) is 45.1 Å². The van der Waals surface area contributed by atoms with Gasteiger partial charge in [0.05, 0.1) is 17.6 Å². The van der Waals surface area contributed by atoms with E-state index in [2.05, 4.69) is 13.0 Å². The van der Waals surface area contributed by atoms with Gasteiger partial charge in [-0.15, -0.1) is 0 Å². The largest absolute Gasteiger partial charge is 0.391 e. The molecule has 3 heteroatoms. The van der Waals surface area contributed by atoms with E-state index in [9.17, 15) is 10.4 Å². The Morgan fingerprint density at radius 2 is 2.40 bits per heavy atom. The van der Waals surface area contributed by atoms with Gasteiger partial charge in [0.15, 0.2) is 0 Å². The number of hydrogen-bond donors (Lipinski definition) is 1. The normalized spacial score (nSPS) is 32.5. The molecule has 1 aliphatic carbocycles. The van der Waals surface area contributed by atoms with Crippen LogP contribution in [0, 0.1) is 22.7 Å². The van der Waals surface area contributed by atoms with Gasteiger partial charge >= 0.3 is 0 Å². The number of nitrogens with zero attached hydrogens (tertiary/aromatic N) is 1. The fourth-order valence-corrected chi connectivity index (χ4v) is 2.97. The lowest BCUT2D eigenvalue weighted by molar-refractivity contribution is 0.0625. The van der Waals surface area contributed by atoms with Crippen molar-refractivity contribution in [1.29, 1.82) is 5.26 Å². The highest BCUT2D eigenvalue weighted by Crippen LogP contribution is 2.46. The molecule has 86 valence electrons. The standard InChI is InChI=1S/C12H21NOS/c1-3-10-4-6-12(8-10,9-13)11(14)5-7-15-2/h10-11,14H,3-8H2,1-2H3. The van der Waals surface area contributed by atoms with Gasteiger partial charge in [0.1, 0.15) is 0 Å². The summed E-state index contributed by atoms with van der Waals surface area (Å²) < 4.78 is 0. The van der Waals surface area contributed by atoms with Crippen molar-refractivity contribution in [2.75, 3.05) is 12.0 Å². The molecule has 1 rings (SSSR count). The molecule has 3 unspecified atom stereocenters. The fraction of sp³-hybridized carbons (Fsp3) is 0.917. The summed E-state index contributed by atoms with van der Waals surface area (Å²) in [7, 11) is 0. The van der Waals surface area contributed by atoms with Gasteiger partial charge in [0.25, 0.3) is 0 Å². The summed E-state index contributed by atoms with van der Waals surface area (Å²) in [5, 5.41) is 19.4. The van der Waals surface area contributed by atoms with E-state index >= 15 is 0 Å². The van der Waals surface area contributed by atoms with E-state index in [1.165, 1.54) is 0 Å². The molecule has 0 bridgehead atoms. The number of rotatable bonds is 5. The van der Waals surface area contributed by atoms with Gasteiger partial charge in [-0.3, -0.25) is 0 Å². The molecule has 0 aromatic carbocycles. The Bertz CT molecular complexity index is 238. The summed E-state index contributed by atoms with van der Waals surface area (Å²) in [6.45, 7) is 2.17. The maximum atomic E-state index is 10.1. The predicted octanol–water partition coefficient (Wildman–Crippen LogP) is 2.82. The van der Waals surface area contributed by atoms with Crippen LogP contribution in [0.2, 0.25) is 0 Å². The lowest BCUT2D eigenvalue weighted by Crippen LogP contribution is -2.32. The minimum absolute atomic E-state index is 0.425. The van der Waals surface area contributed by atoms with Crippen molar-refractivity contribution in [3.8, 4) is 6.07 Å². The molecule has 0 radical (unpaired) electrons. The van der Waals surface area contributed by atoms with E-state index in [1.807, 2.05) is 6.26 Å². The third kappa shape index (κ3) is 2.89. The summed E-state index contributed by atoms with van der Waals surface area (Å²) in [5.41, 5.74) is -0.434. The molecule has 0 aromatic heterocycles. The van der Waals surface area contributed by atoms with Crippen molar-refractivity contribution >= 4 is 11.8 Å². The molecule has 3 atom stereocenters. The first-order valence-electron chi connectivity index (χ1n) is 5.76. The Balaban J connectivity index is 2.58. The number of nitriles is 1. The highest BCUT2D eigenvalue weighted by Gasteiger charge is 2.44. The minimum atomic E-state index is -0.434. The smallest absolute Gasteiger partial charge is 0.0835 e. The van der Waals surface area contributed by atoms with Gasteiger partial charge < -0.3 is 5.11 Å². The Hall–Kier alpha value is -0.200. The van der Waals surface area contributed by atoms with E-state index in [-0.39, 0.29) is 0 Å². The molecule has 0 heterocycles. The first-order chi connectivity index (χ1) is 7.18. The second kappa shape index (κ2) is 5.77. The van der Waals surface area contributed by atoms with Crippen LogP contribution in [0.3, 0.4) is 0 Å². The molecule has 15 heavy (non-hydrogen) atoms. The average molecular weight is 227 g/mol. The zero-order valence-electron chi connectivity index (χ0n) is 9.70. The molecule has 1 fully saturated rings. The summed E-state index contributed by atoms with van der Waals surface area (Å²) >= 11 is 1.74. The minimum Gasteiger partial charge on any atom is -0.391 e. The third-order valence-corrected chi connectivity index (χ3v) is 4.33. The zero-order chi connectivity index (χ0) is 11.3. The first-order valence-corrected chi connectivity index (χ1v) is 7.16. The Labute approximate surface area is 97.1 Å². The molecule has 0 aromatic rings. The van der Waals surface area contributed by atoms with Crippen LogP contribution in [0.5, 0.6) is 0 Å². The van der Waals surface area contributed by atoms with Crippen LogP contribution >= 0.6 is 11.8 Å². The quantitative estimate of drug-likeness (QED) is 0.785. The van der Waals surface area contributed by atoms with Gasteiger partial charge in [-0.25, -0.2) is 0 Å². The second-order valence-corrected chi connectivity index (χ2v) is 5.57. The van der Waals surface area contributed by atoms with Crippen LogP contribution in [0.15, 0.2) is 0 Å². The van der Waals surface area contributed by atoms with Crippen LogP contribution in [0.25, 0.3) is 0 Å². The van der Waals surface area contributed by atoms with Crippen LogP contribution in [0.1, 0.15) is 39.0 Å². The summed E-state index contributed by atoms with van der Waals surface area (Å²) in [4.78, 5) is 0. The molecule has 0 amide bonds. The SMILES string of the molecule is CCC1CCC(C#N)(C(O)CCSC)C1. The topological polar surface area (TPSA) is 44.0 Å². The third-order valence-electron chi connectivity index (χ3n) is 3.68. The second-order valence-electron chi connectivity index (χ2n) is 4.58. The lowest BCUT2D eigenvalue weighted by atomic mass is 9.79. The fourth-order valence-electron chi connectivity index (χ4n) is 2.51. The first kappa shape index (κ1) is 12.9. The van der Waals surface area contributed by atoms with Gasteiger partial charge in [-0.1, -0.05) is 13.3 Å². The van der Waals surface area contributed by atoms with E-state index in [4.69, 9.17) is 0 Å². The Morgan fingerprint density at radius 1 is 1.67 bits per heavy atom. The van der Waals surface area contributed by atoms with E-state index in [0.717, 1.165) is 37.9 Å². The maximum absolute atomic E-state index is 10.1. The van der Waals surface area contributed by atoms with E-state index in [1.54, 1.807) is 11.8 Å². The molecule has 2 nitrogen and oxygen atoms in total. The van der Waals surface area contributed by atoms with Crippen molar-refractivity contribution in [1.82, 2.24) is 0 Å². The van der Waals surface area contributed by atoms with Crippen molar-refractivity contribution < 1.29 is 5.11 Å². The van der Waals surface area contributed by atoms with E-state index in [0.29, 0.717) is 5.92 Å². The highest BCUT2D eigenvalue weighted by molar-refractivity contribution is 7.98. The number of thioether (sulfide) groups is 1. The maximum Gasteiger partial charge on any atom is 0.0835 e. The highest BCUT2D eigenvalue weighted by atomic mass is 32.2. The molecule has 0 aliphatic heterocycles. The number of aliphatic hydroxyl groups is 1. The van der Waals surface area contributed by atoms with Crippen LogP contribution < -0.4 is 0 Å². The van der Waals surface area contributed by atoms with Gasteiger partial charge in [0.2, 0.25) is 0 Å². The zero-order valence-corrected chi connectivity index (χ0v) is 10.5. The van der Waals surface area contributed by atoms with Crippen LogP contribution in [-0.4, -0.2) is 23.2 Å². The van der Waals surface area contributed by atoms with Gasteiger partial charge in [0, 0.05) is 0 Å². The Morgan fingerprint density at radius 3 is 2.87 bits per heavy atom. The summed E-state index contributed by atoms with van der Waals surface area (Å²) in [6, 6.07) is 2.39. The molecule has 0 spiro atoms. The number of aliphatic hydroxyl groups excluding tert-OH is 1. The van der Waals surface area contributed by atoms with Gasteiger partial charge in [-0.2, -0.15) is 17.0 Å². The summed E-state index contributed by atoms with van der Waals surface area (Å²) in [5.74, 6) is 1.59. The summed E-state index contributed by atoms with van der Waals surface area (Å²) in [6.07, 6.45) is 6.40. The monoisotopic (exact) mass is 227 g/mol. The van der Waals surface area contributed by atoms with Crippen molar-refractivity contribution in [2.24, 2.45) is 11.3 Å². The van der Waals surface area contributed by atoms with Crippen molar-refractivity contribution in [3.63, 3.8) is 0 Å². The average Bonchev–Trinajstić information content (AvgIpc) is 2.70. The number of hydrogen-bond acceptors (Lipinski definition) is 3. The molecule has 1 aliphatic rings. The van der Waals surface area contributed by atoms with Gasteiger partial charge in [-0.05, 0) is 43.6 Å².